The monoisotopic (exact) mass is 313 g/mol. The Balaban J connectivity index is 2.17. The molecule has 2 rings (SSSR count). The van der Waals surface area contributed by atoms with Gasteiger partial charge in [-0.25, -0.2) is 0 Å². The van der Waals surface area contributed by atoms with Gasteiger partial charge >= 0.3 is 0 Å². The van der Waals surface area contributed by atoms with Gasteiger partial charge in [-0.1, -0.05) is 22.4 Å². The van der Waals surface area contributed by atoms with Crippen LogP contribution in [0.25, 0.3) is 0 Å². The molecule has 3 nitrogen and oxygen atoms in total. The van der Waals surface area contributed by atoms with Gasteiger partial charge in [0.05, 0.1) is 6.10 Å². The maximum absolute atomic E-state index is 9.95. The fraction of sp³-hybridized carbons (Fsp3) is 0.571. The van der Waals surface area contributed by atoms with Gasteiger partial charge in [-0.2, -0.15) is 0 Å². The zero-order valence-electron chi connectivity index (χ0n) is 10.6. The van der Waals surface area contributed by atoms with Crippen molar-refractivity contribution in [1.82, 2.24) is 0 Å². The number of aliphatic hydroxyl groups is 1. The standard InChI is InChI=1S/C14H20BrNO2/c1-9(16)11-8-10(15)6-7-13(11)18-14-5-3-2-4-12(14)17/h6-9,12,14,17H,2-5,16H2,1H3/t9-,12?,14?/m1/s1. The van der Waals surface area contributed by atoms with E-state index in [1.54, 1.807) is 0 Å². The molecule has 0 saturated heterocycles. The first-order valence-corrected chi connectivity index (χ1v) is 7.27. The molecule has 1 saturated carbocycles. The van der Waals surface area contributed by atoms with Crippen LogP contribution in [-0.4, -0.2) is 17.3 Å². The van der Waals surface area contributed by atoms with Crippen molar-refractivity contribution >= 4 is 15.9 Å². The molecule has 1 aromatic rings. The lowest BCUT2D eigenvalue weighted by Gasteiger charge is -2.29. The third kappa shape index (κ3) is 3.25. The Bertz CT molecular complexity index is 409. The number of nitrogens with two attached hydrogens (primary N) is 1. The second-order valence-electron chi connectivity index (χ2n) is 4.98. The van der Waals surface area contributed by atoms with Crippen LogP contribution in [0.3, 0.4) is 0 Å². The molecule has 1 fully saturated rings. The van der Waals surface area contributed by atoms with E-state index in [-0.39, 0.29) is 18.2 Å². The molecule has 100 valence electrons. The maximum atomic E-state index is 9.95. The molecule has 1 aromatic carbocycles. The van der Waals surface area contributed by atoms with Crippen LogP contribution in [0.1, 0.15) is 44.2 Å². The first-order valence-electron chi connectivity index (χ1n) is 6.47. The van der Waals surface area contributed by atoms with Gasteiger partial charge in [0.2, 0.25) is 0 Å². The predicted octanol–water partition coefficient (Wildman–Crippen LogP) is 3.15. The Morgan fingerprint density at radius 3 is 2.78 bits per heavy atom. The lowest BCUT2D eigenvalue weighted by atomic mass is 9.94. The van der Waals surface area contributed by atoms with Gasteiger partial charge in [-0.15, -0.1) is 0 Å². The van der Waals surface area contributed by atoms with Gasteiger partial charge in [0.1, 0.15) is 11.9 Å². The van der Waals surface area contributed by atoms with E-state index in [9.17, 15) is 5.11 Å². The van der Waals surface area contributed by atoms with Gasteiger partial charge in [0.25, 0.3) is 0 Å². The van der Waals surface area contributed by atoms with E-state index >= 15 is 0 Å². The SMILES string of the molecule is C[C@@H](N)c1cc(Br)ccc1OC1CCCCC1O. The first-order chi connectivity index (χ1) is 8.58. The number of aliphatic hydroxyl groups excluding tert-OH is 1. The molecule has 0 amide bonds. The van der Waals surface area contributed by atoms with Gasteiger partial charge in [-0.05, 0) is 44.4 Å². The van der Waals surface area contributed by atoms with Crippen molar-refractivity contribution in [3.05, 3.63) is 28.2 Å². The van der Waals surface area contributed by atoms with E-state index in [0.717, 1.165) is 41.5 Å². The van der Waals surface area contributed by atoms with Crippen LogP contribution < -0.4 is 10.5 Å². The molecular formula is C14H20BrNO2. The quantitative estimate of drug-likeness (QED) is 0.901. The van der Waals surface area contributed by atoms with Gasteiger partial charge in [0, 0.05) is 16.1 Å². The summed E-state index contributed by atoms with van der Waals surface area (Å²) in [6.45, 7) is 1.94. The molecular weight excluding hydrogens is 294 g/mol. The van der Waals surface area contributed by atoms with Crippen molar-refractivity contribution in [2.75, 3.05) is 0 Å². The number of rotatable bonds is 3. The Kier molecular flexibility index (Phi) is 4.65. The van der Waals surface area contributed by atoms with Crippen molar-refractivity contribution in [2.45, 2.75) is 50.9 Å². The molecule has 0 spiro atoms. The largest absolute Gasteiger partial charge is 0.487 e. The molecule has 0 aromatic heterocycles. The Hall–Kier alpha value is -0.580. The molecule has 4 heteroatoms. The topological polar surface area (TPSA) is 55.5 Å². The minimum absolute atomic E-state index is 0.0850. The summed E-state index contributed by atoms with van der Waals surface area (Å²) in [5.41, 5.74) is 6.93. The molecule has 0 bridgehead atoms. The van der Waals surface area contributed by atoms with Crippen molar-refractivity contribution in [3.63, 3.8) is 0 Å². The Morgan fingerprint density at radius 1 is 1.39 bits per heavy atom. The second-order valence-corrected chi connectivity index (χ2v) is 5.89. The van der Waals surface area contributed by atoms with Crippen LogP contribution >= 0.6 is 15.9 Å². The highest BCUT2D eigenvalue weighted by atomic mass is 79.9. The summed E-state index contributed by atoms with van der Waals surface area (Å²) in [5.74, 6) is 0.791. The molecule has 3 atom stereocenters. The van der Waals surface area contributed by atoms with Crippen LogP contribution in [0.15, 0.2) is 22.7 Å². The van der Waals surface area contributed by atoms with Gasteiger partial charge in [0.15, 0.2) is 0 Å². The fourth-order valence-electron chi connectivity index (χ4n) is 2.36. The zero-order valence-corrected chi connectivity index (χ0v) is 12.2. The van der Waals surface area contributed by atoms with E-state index in [1.165, 1.54) is 0 Å². The van der Waals surface area contributed by atoms with Crippen LogP contribution in [0.5, 0.6) is 5.75 Å². The van der Waals surface area contributed by atoms with E-state index in [1.807, 2.05) is 25.1 Å². The predicted molar refractivity (Wildman–Crippen MR) is 75.6 cm³/mol. The summed E-state index contributed by atoms with van der Waals surface area (Å²) in [4.78, 5) is 0. The summed E-state index contributed by atoms with van der Waals surface area (Å²) in [7, 11) is 0. The van der Waals surface area contributed by atoms with Crippen molar-refractivity contribution < 1.29 is 9.84 Å². The van der Waals surface area contributed by atoms with Gasteiger partial charge < -0.3 is 15.6 Å². The van der Waals surface area contributed by atoms with Crippen LogP contribution in [0, 0.1) is 0 Å². The van der Waals surface area contributed by atoms with Crippen molar-refractivity contribution in [1.29, 1.82) is 0 Å². The molecule has 0 radical (unpaired) electrons. The third-order valence-electron chi connectivity index (χ3n) is 3.41. The maximum Gasteiger partial charge on any atom is 0.124 e. The zero-order chi connectivity index (χ0) is 13.1. The Labute approximate surface area is 116 Å². The Morgan fingerprint density at radius 2 is 2.11 bits per heavy atom. The fourth-order valence-corrected chi connectivity index (χ4v) is 2.74. The lowest BCUT2D eigenvalue weighted by molar-refractivity contribution is 0.00626. The number of benzene rings is 1. The highest BCUT2D eigenvalue weighted by molar-refractivity contribution is 9.10. The first kappa shape index (κ1) is 13.8. The number of ether oxygens (including phenoxy) is 1. The minimum Gasteiger partial charge on any atom is -0.487 e. The van der Waals surface area contributed by atoms with E-state index in [4.69, 9.17) is 10.5 Å². The van der Waals surface area contributed by atoms with E-state index in [0.29, 0.717) is 0 Å². The summed E-state index contributed by atoms with van der Waals surface area (Å²) < 4.78 is 6.96. The summed E-state index contributed by atoms with van der Waals surface area (Å²) in [6.07, 6.45) is 3.48. The molecule has 18 heavy (non-hydrogen) atoms. The summed E-state index contributed by atoms with van der Waals surface area (Å²) in [6, 6.07) is 5.76. The van der Waals surface area contributed by atoms with Gasteiger partial charge in [-0.3, -0.25) is 0 Å². The van der Waals surface area contributed by atoms with E-state index < -0.39 is 0 Å². The normalized spacial score (nSPS) is 25.8. The molecule has 1 aliphatic carbocycles. The number of hydrogen-bond donors (Lipinski definition) is 2. The highest BCUT2D eigenvalue weighted by Gasteiger charge is 2.25. The van der Waals surface area contributed by atoms with Crippen LogP contribution in [0.2, 0.25) is 0 Å². The molecule has 1 aliphatic rings. The summed E-state index contributed by atoms with van der Waals surface area (Å²) in [5, 5.41) is 9.95. The smallest absolute Gasteiger partial charge is 0.124 e. The lowest BCUT2D eigenvalue weighted by Crippen LogP contribution is -2.35. The molecule has 0 aliphatic heterocycles. The van der Waals surface area contributed by atoms with Crippen LogP contribution in [-0.2, 0) is 0 Å². The third-order valence-corrected chi connectivity index (χ3v) is 3.90. The highest BCUT2D eigenvalue weighted by Crippen LogP contribution is 2.31. The number of halogens is 1. The average Bonchev–Trinajstić information content (AvgIpc) is 2.34. The molecule has 3 N–H and O–H groups in total. The summed E-state index contributed by atoms with van der Waals surface area (Å²) >= 11 is 3.44. The van der Waals surface area contributed by atoms with E-state index in [2.05, 4.69) is 15.9 Å². The average molecular weight is 314 g/mol. The van der Waals surface area contributed by atoms with Crippen LogP contribution in [0.4, 0.5) is 0 Å². The van der Waals surface area contributed by atoms with Crippen molar-refractivity contribution in [2.24, 2.45) is 5.73 Å². The van der Waals surface area contributed by atoms with Crippen molar-refractivity contribution in [3.8, 4) is 5.75 Å². The minimum atomic E-state index is -0.358. The molecule has 2 unspecified atom stereocenters. The second kappa shape index (κ2) is 6.04. The number of hydrogen-bond acceptors (Lipinski definition) is 3. The molecule has 0 heterocycles.